The van der Waals surface area contributed by atoms with Crippen molar-refractivity contribution in [3.05, 3.63) is 11.9 Å². The van der Waals surface area contributed by atoms with Crippen LogP contribution in [0.4, 0.5) is 5.82 Å². The van der Waals surface area contributed by atoms with Crippen molar-refractivity contribution in [2.45, 2.75) is 33.1 Å². The Kier molecular flexibility index (Phi) is 7.39. The lowest BCUT2D eigenvalue weighted by atomic mass is 10.3. The summed E-state index contributed by atoms with van der Waals surface area (Å²) >= 11 is 0. The fraction of sp³-hybridized carbons (Fsp3) is 0.750. The standard InChI is InChI=1S/C16H28N4O2/c1-3-10-22-16-13-15(18-14(4-2)19-16)17-6-5-7-20-8-11-21-12-9-20/h13H,3-12H2,1-2H3,(H,17,18,19). The van der Waals surface area contributed by atoms with Gasteiger partial charge in [-0.2, -0.15) is 4.98 Å². The maximum absolute atomic E-state index is 5.63. The van der Waals surface area contributed by atoms with Crippen molar-refractivity contribution in [1.82, 2.24) is 14.9 Å². The van der Waals surface area contributed by atoms with E-state index in [-0.39, 0.29) is 0 Å². The predicted octanol–water partition coefficient (Wildman–Crippen LogP) is 1.96. The highest BCUT2D eigenvalue weighted by molar-refractivity contribution is 5.38. The normalized spacial score (nSPS) is 15.7. The molecule has 6 heteroatoms. The highest BCUT2D eigenvalue weighted by Gasteiger charge is 2.09. The number of rotatable bonds is 9. The zero-order chi connectivity index (χ0) is 15.6. The minimum atomic E-state index is 0.671. The number of aryl methyl sites for hydroxylation is 1. The van der Waals surface area contributed by atoms with Crippen LogP contribution >= 0.6 is 0 Å². The van der Waals surface area contributed by atoms with E-state index in [0.29, 0.717) is 12.5 Å². The van der Waals surface area contributed by atoms with E-state index in [9.17, 15) is 0 Å². The Labute approximate surface area is 133 Å². The first kappa shape index (κ1) is 17.0. The first-order valence-corrected chi connectivity index (χ1v) is 8.36. The average molecular weight is 308 g/mol. The lowest BCUT2D eigenvalue weighted by Gasteiger charge is -2.26. The van der Waals surface area contributed by atoms with Gasteiger partial charge < -0.3 is 14.8 Å². The fourth-order valence-corrected chi connectivity index (χ4v) is 2.35. The van der Waals surface area contributed by atoms with Crippen LogP contribution in [0.25, 0.3) is 0 Å². The van der Waals surface area contributed by atoms with Crippen molar-refractivity contribution in [3.63, 3.8) is 0 Å². The summed E-state index contributed by atoms with van der Waals surface area (Å²) in [5.74, 6) is 2.36. The summed E-state index contributed by atoms with van der Waals surface area (Å²) in [5.41, 5.74) is 0. The highest BCUT2D eigenvalue weighted by atomic mass is 16.5. The molecule has 22 heavy (non-hydrogen) atoms. The molecule has 1 saturated heterocycles. The second kappa shape index (κ2) is 9.58. The van der Waals surface area contributed by atoms with E-state index >= 15 is 0 Å². The lowest BCUT2D eigenvalue weighted by Crippen LogP contribution is -2.37. The molecule has 0 atom stereocenters. The van der Waals surface area contributed by atoms with Gasteiger partial charge >= 0.3 is 0 Å². The van der Waals surface area contributed by atoms with Crippen molar-refractivity contribution in [2.75, 3.05) is 51.3 Å². The van der Waals surface area contributed by atoms with Crippen LogP contribution in [0.5, 0.6) is 5.88 Å². The van der Waals surface area contributed by atoms with Gasteiger partial charge in [0, 0.05) is 32.1 Å². The minimum absolute atomic E-state index is 0.671. The van der Waals surface area contributed by atoms with Crippen LogP contribution in [-0.2, 0) is 11.2 Å². The highest BCUT2D eigenvalue weighted by Crippen LogP contribution is 2.14. The molecule has 0 bridgehead atoms. The van der Waals surface area contributed by atoms with Gasteiger partial charge in [-0.25, -0.2) is 4.98 Å². The first-order chi connectivity index (χ1) is 10.8. The molecule has 0 radical (unpaired) electrons. The van der Waals surface area contributed by atoms with Crippen molar-refractivity contribution >= 4 is 5.82 Å². The molecule has 1 aromatic heterocycles. The van der Waals surface area contributed by atoms with Crippen LogP contribution in [0.2, 0.25) is 0 Å². The van der Waals surface area contributed by atoms with E-state index in [2.05, 4.69) is 34.0 Å². The van der Waals surface area contributed by atoms with Crippen LogP contribution in [0.3, 0.4) is 0 Å². The minimum Gasteiger partial charge on any atom is -0.478 e. The molecule has 1 aliphatic rings. The molecule has 1 aliphatic heterocycles. The van der Waals surface area contributed by atoms with Crippen molar-refractivity contribution < 1.29 is 9.47 Å². The maximum atomic E-state index is 5.63. The molecule has 0 amide bonds. The van der Waals surface area contributed by atoms with Crippen LogP contribution in [0.15, 0.2) is 6.07 Å². The molecule has 0 unspecified atom stereocenters. The summed E-state index contributed by atoms with van der Waals surface area (Å²) < 4.78 is 11.0. The molecule has 1 N–H and O–H groups in total. The van der Waals surface area contributed by atoms with Gasteiger partial charge in [0.2, 0.25) is 5.88 Å². The fourth-order valence-electron chi connectivity index (χ4n) is 2.35. The van der Waals surface area contributed by atoms with Crippen LogP contribution in [-0.4, -0.2) is 60.9 Å². The zero-order valence-corrected chi connectivity index (χ0v) is 13.8. The van der Waals surface area contributed by atoms with E-state index < -0.39 is 0 Å². The topological polar surface area (TPSA) is 59.5 Å². The van der Waals surface area contributed by atoms with E-state index in [4.69, 9.17) is 9.47 Å². The van der Waals surface area contributed by atoms with Gasteiger partial charge in [0.05, 0.1) is 19.8 Å². The number of ether oxygens (including phenoxy) is 2. The molecule has 0 saturated carbocycles. The average Bonchev–Trinajstić information content (AvgIpc) is 2.57. The maximum Gasteiger partial charge on any atom is 0.218 e. The van der Waals surface area contributed by atoms with Gasteiger partial charge in [-0.15, -0.1) is 0 Å². The second-order valence-corrected chi connectivity index (χ2v) is 5.44. The third-order valence-electron chi connectivity index (χ3n) is 3.58. The van der Waals surface area contributed by atoms with Gasteiger partial charge in [-0.05, 0) is 19.4 Å². The summed E-state index contributed by atoms with van der Waals surface area (Å²) in [6.07, 6.45) is 2.89. The van der Waals surface area contributed by atoms with Crippen LogP contribution in [0, 0.1) is 0 Å². The SMILES string of the molecule is CCCOc1cc(NCCCN2CCOCC2)nc(CC)n1. The molecular formula is C16H28N4O2. The number of morpholine rings is 1. The number of aromatic nitrogens is 2. The molecule has 124 valence electrons. The smallest absolute Gasteiger partial charge is 0.218 e. The third-order valence-corrected chi connectivity index (χ3v) is 3.58. The Morgan fingerprint density at radius 1 is 1.27 bits per heavy atom. The Morgan fingerprint density at radius 2 is 2.09 bits per heavy atom. The Balaban J connectivity index is 1.77. The van der Waals surface area contributed by atoms with Crippen molar-refractivity contribution in [2.24, 2.45) is 0 Å². The quantitative estimate of drug-likeness (QED) is 0.704. The monoisotopic (exact) mass is 308 g/mol. The Hall–Kier alpha value is -1.40. The molecule has 1 aromatic rings. The molecule has 1 fully saturated rings. The lowest BCUT2D eigenvalue weighted by molar-refractivity contribution is 0.0378. The first-order valence-electron chi connectivity index (χ1n) is 8.36. The largest absolute Gasteiger partial charge is 0.478 e. The Morgan fingerprint density at radius 3 is 2.82 bits per heavy atom. The van der Waals surface area contributed by atoms with Crippen molar-refractivity contribution in [1.29, 1.82) is 0 Å². The van der Waals surface area contributed by atoms with E-state index in [1.807, 2.05) is 6.07 Å². The van der Waals surface area contributed by atoms with Gasteiger partial charge in [0.15, 0.2) is 0 Å². The van der Waals surface area contributed by atoms with Gasteiger partial charge in [-0.1, -0.05) is 13.8 Å². The molecule has 2 rings (SSSR count). The molecule has 0 aromatic carbocycles. The van der Waals surface area contributed by atoms with E-state index in [0.717, 1.165) is 70.3 Å². The summed E-state index contributed by atoms with van der Waals surface area (Å²) in [4.78, 5) is 11.3. The number of hydrogen-bond acceptors (Lipinski definition) is 6. The van der Waals surface area contributed by atoms with Gasteiger partial charge in [-0.3, -0.25) is 4.90 Å². The number of nitrogens with one attached hydrogen (secondary N) is 1. The van der Waals surface area contributed by atoms with Gasteiger partial charge in [0.1, 0.15) is 11.6 Å². The zero-order valence-electron chi connectivity index (χ0n) is 13.8. The van der Waals surface area contributed by atoms with E-state index in [1.54, 1.807) is 0 Å². The Bertz CT molecular complexity index is 436. The second-order valence-electron chi connectivity index (χ2n) is 5.44. The summed E-state index contributed by atoms with van der Waals surface area (Å²) in [6.45, 7) is 10.6. The third kappa shape index (κ3) is 5.77. The number of anilines is 1. The molecule has 2 heterocycles. The molecular weight excluding hydrogens is 280 g/mol. The van der Waals surface area contributed by atoms with Crippen LogP contribution < -0.4 is 10.1 Å². The summed E-state index contributed by atoms with van der Waals surface area (Å²) in [6, 6.07) is 1.89. The number of nitrogens with zero attached hydrogens (tertiary/aromatic N) is 3. The number of hydrogen-bond donors (Lipinski definition) is 1. The molecule has 0 aliphatic carbocycles. The van der Waals surface area contributed by atoms with E-state index in [1.165, 1.54) is 0 Å². The van der Waals surface area contributed by atoms with Crippen molar-refractivity contribution in [3.8, 4) is 5.88 Å². The summed E-state index contributed by atoms with van der Waals surface area (Å²) in [7, 11) is 0. The summed E-state index contributed by atoms with van der Waals surface area (Å²) in [5, 5.41) is 3.39. The molecule has 6 nitrogen and oxygen atoms in total. The predicted molar refractivity (Wildman–Crippen MR) is 87.6 cm³/mol. The molecule has 0 spiro atoms. The van der Waals surface area contributed by atoms with Crippen LogP contribution in [0.1, 0.15) is 32.5 Å². The van der Waals surface area contributed by atoms with Gasteiger partial charge in [0.25, 0.3) is 0 Å².